The highest BCUT2D eigenvalue weighted by Gasteiger charge is 2.08. The molecule has 0 bridgehead atoms. The summed E-state index contributed by atoms with van der Waals surface area (Å²) >= 11 is 0. The van der Waals surface area contributed by atoms with Crippen molar-refractivity contribution in [2.75, 3.05) is 24.3 Å². The number of hydrogen-bond donors (Lipinski definition) is 1. The average Bonchev–Trinajstić information content (AvgIpc) is 2.48. The molecule has 2 rings (SSSR count). The number of nitrogens with zero attached hydrogens (tertiary/aromatic N) is 2. The van der Waals surface area contributed by atoms with Gasteiger partial charge in [-0.2, -0.15) is 0 Å². The van der Waals surface area contributed by atoms with E-state index in [0.717, 1.165) is 5.69 Å². The lowest BCUT2D eigenvalue weighted by atomic mass is 10.2. The zero-order valence-electron chi connectivity index (χ0n) is 12.1. The van der Waals surface area contributed by atoms with Crippen LogP contribution in [0.15, 0.2) is 48.5 Å². The van der Waals surface area contributed by atoms with Crippen molar-refractivity contribution in [2.45, 2.75) is 0 Å². The number of nitro benzene ring substituents is 1. The van der Waals surface area contributed by atoms with Crippen molar-refractivity contribution in [1.29, 1.82) is 0 Å². The topological polar surface area (TPSA) is 84.7 Å². The Labute approximate surface area is 127 Å². The van der Waals surface area contributed by atoms with Crippen LogP contribution >= 0.6 is 0 Å². The van der Waals surface area contributed by atoms with Crippen LogP contribution in [-0.4, -0.2) is 25.1 Å². The van der Waals surface area contributed by atoms with Gasteiger partial charge >= 0.3 is 6.09 Å². The number of ether oxygens (including phenoxy) is 1. The Bertz CT molecular complexity index is 666. The third kappa shape index (κ3) is 3.95. The number of anilines is 2. The van der Waals surface area contributed by atoms with Gasteiger partial charge in [0.2, 0.25) is 0 Å². The van der Waals surface area contributed by atoms with Crippen molar-refractivity contribution in [1.82, 2.24) is 0 Å². The van der Waals surface area contributed by atoms with Gasteiger partial charge < -0.3 is 9.64 Å². The summed E-state index contributed by atoms with van der Waals surface area (Å²) in [5.74, 6) is 0.230. The van der Waals surface area contributed by atoms with Crippen LogP contribution in [0.25, 0.3) is 0 Å². The summed E-state index contributed by atoms with van der Waals surface area (Å²) < 4.78 is 5.05. The van der Waals surface area contributed by atoms with Crippen molar-refractivity contribution in [3.8, 4) is 5.75 Å². The second-order valence-corrected chi connectivity index (χ2v) is 4.71. The van der Waals surface area contributed by atoms with Crippen LogP contribution in [0.1, 0.15) is 0 Å². The van der Waals surface area contributed by atoms with E-state index in [2.05, 4.69) is 5.32 Å². The lowest BCUT2D eigenvalue weighted by Gasteiger charge is -2.13. The van der Waals surface area contributed by atoms with Crippen LogP contribution in [0, 0.1) is 10.1 Å². The van der Waals surface area contributed by atoms with Gasteiger partial charge in [-0.3, -0.25) is 15.4 Å². The van der Waals surface area contributed by atoms with E-state index in [0.29, 0.717) is 5.69 Å². The Morgan fingerprint density at radius 3 is 2.18 bits per heavy atom. The van der Waals surface area contributed by atoms with Gasteiger partial charge in [-0.1, -0.05) is 0 Å². The summed E-state index contributed by atoms with van der Waals surface area (Å²) in [5.41, 5.74) is 1.54. The van der Waals surface area contributed by atoms with Gasteiger partial charge in [-0.15, -0.1) is 0 Å². The third-order valence-electron chi connectivity index (χ3n) is 2.89. The van der Waals surface area contributed by atoms with E-state index in [1.165, 1.54) is 24.3 Å². The Kier molecular flexibility index (Phi) is 4.57. The fourth-order valence-electron chi connectivity index (χ4n) is 1.73. The van der Waals surface area contributed by atoms with Crippen molar-refractivity contribution in [2.24, 2.45) is 0 Å². The molecule has 1 N–H and O–H groups in total. The highest BCUT2D eigenvalue weighted by atomic mass is 16.6. The maximum atomic E-state index is 11.7. The number of benzene rings is 2. The summed E-state index contributed by atoms with van der Waals surface area (Å²) in [6.07, 6.45) is -0.661. The average molecular weight is 301 g/mol. The Morgan fingerprint density at radius 2 is 1.68 bits per heavy atom. The molecule has 0 aliphatic carbocycles. The standard InChI is InChI=1S/C15H15N3O4/c1-17(2)12-5-3-11(4-6-12)16-15(19)22-14-9-7-13(8-10-14)18(20)21/h3-10H,1-2H3,(H,16,19). The first-order chi connectivity index (χ1) is 10.5. The second kappa shape index (κ2) is 6.57. The number of amides is 1. The molecule has 7 nitrogen and oxygen atoms in total. The van der Waals surface area contributed by atoms with Crippen LogP contribution in [0.2, 0.25) is 0 Å². The molecule has 0 atom stereocenters. The van der Waals surface area contributed by atoms with Crippen LogP contribution in [0.5, 0.6) is 5.75 Å². The Balaban J connectivity index is 1.96. The van der Waals surface area contributed by atoms with E-state index in [1.54, 1.807) is 12.1 Å². The third-order valence-corrected chi connectivity index (χ3v) is 2.89. The van der Waals surface area contributed by atoms with Gasteiger partial charge in [-0.25, -0.2) is 4.79 Å². The molecule has 0 fully saturated rings. The highest BCUT2D eigenvalue weighted by molar-refractivity contribution is 5.86. The van der Waals surface area contributed by atoms with Gasteiger partial charge in [0.25, 0.3) is 5.69 Å². The summed E-state index contributed by atoms with van der Waals surface area (Å²) in [6.45, 7) is 0. The van der Waals surface area contributed by atoms with E-state index in [9.17, 15) is 14.9 Å². The molecule has 0 spiro atoms. The monoisotopic (exact) mass is 301 g/mol. The number of carbonyl (C=O) groups is 1. The first-order valence-electron chi connectivity index (χ1n) is 6.46. The largest absolute Gasteiger partial charge is 0.417 e. The smallest absolute Gasteiger partial charge is 0.410 e. The zero-order chi connectivity index (χ0) is 16.1. The number of hydrogen-bond acceptors (Lipinski definition) is 5. The van der Waals surface area contributed by atoms with Crippen molar-refractivity contribution in [3.63, 3.8) is 0 Å². The lowest BCUT2D eigenvalue weighted by Crippen LogP contribution is -2.16. The van der Waals surface area contributed by atoms with E-state index >= 15 is 0 Å². The van der Waals surface area contributed by atoms with Crippen LogP contribution in [0.3, 0.4) is 0 Å². The molecular formula is C15H15N3O4. The van der Waals surface area contributed by atoms with E-state index in [1.807, 2.05) is 31.1 Å². The number of non-ortho nitro benzene ring substituents is 1. The minimum absolute atomic E-state index is 0.0629. The fraction of sp³-hybridized carbons (Fsp3) is 0.133. The van der Waals surface area contributed by atoms with Crippen LogP contribution in [-0.2, 0) is 0 Å². The molecule has 2 aromatic rings. The lowest BCUT2D eigenvalue weighted by molar-refractivity contribution is -0.384. The van der Waals surface area contributed by atoms with Gasteiger partial charge in [0.15, 0.2) is 0 Å². The molecule has 0 aromatic heterocycles. The van der Waals surface area contributed by atoms with Gasteiger partial charge in [0.05, 0.1) is 4.92 Å². The number of nitrogens with one attached hydrogen (secondary N) is 1. The minimum atomic E-state index is -0.661. The normalized spacial score (nSPS) is 9.91. The van der Waals surface area contributed by atoms with Crippen LogP contribution in [0.4, 0.5) is 21.9 Å². The molecule has 0 radical (unpaired) electrons. The van der Waals surface area contributed by atoms with E-state index < -0.39 is 11.0 Å². The summed E-state index contributed by atoms with van der Waals surface area (Å²) in [6, 6.07) is 12.5. The molecule has 2 aromatic carbocycles. The predicted molar refractivity (Wildman–Crippen MR) is 83.5 cm³/mol. The minimum Gasteiger partial charge on any atom is -0.410 e. The molecular weight excluding hydrogens is 286 g/mol. The highest BCUT2D eigenvalue weighted by Crippen LogP contribution is 2.19. The van der Waals surface area contributed by atoms with Crippen molar-refractivity contribution >= 4 is 23.2 Å². The number of rotatable bonds is 4. The van der Waals surface area contributed by atoms with Gasteiger partial charge in [0.1, 0.15) is 5.75 Å². The second-order valence-electron chi connectivity index (χ2n) is 4.71. The summed E-state index contributed by atoms with van der Waals surface area (Å²) in [4.78, 5) is 23.7. The molecule has 7 heteroatoms. The zero-order valence-corrected chi connectivity index (χ0v) is 12.1. The Morgan fingerprint density at radius 1 is 1.09 bits per heavy atom. The number of carbonyl (C=O) groups excluding carboxylic acids is 1. The van der Waals surface area contributed by atoms with Crippen molar-refractivity contribution < 1.29 is 14.5 Å². The molecule has 22 heavy (non-hydrogen) atoms. The first-order valence-corrected chi connectivity index (χ1v) is 6.46. The number of nitro groups is 1. The maximum absolute atomic E-state index is 11.7. The molecule has 114 valence electrons. The molecule has 0 saturated carbocycles. The SMILES string of the molecule is CN(C)c1ccc(NC(=O)Oc2ccc([N+](=O)[O-])cc2)cc1. The molecule has 0 heterocycles. The molecule has 0 aliphatic rings. The first kappa shape index (κ1) is 15.3. The summed E-state index contributed by atoms with van der Waals surface area (Å²) in [5, 5.41) is 13.1. The van der Waals surface area contributed by atoms with Gasteiger partial charge in [-0.05, 0) is 36.4 Å². The molecule has 0 saturated heterocycles. The summed E-state index contributed by atoms with van der Waals surface area (Å²) in [7, 11) is 3.84. The maximum Gasteiger partial charge on any atom is 0.417 e. The van der Waals surface area contributed by atoms with Crippen LogP contribution < -0.4 is 15.0 Å². The predicted octanol–water partition coefficient (Wildman–Crippen LogP) is 3.27. The Hall–Kier alpha value is -3.09. The van der Waals surface area contributed by atoms with E-state index in [-0.39, 0.29) is 11.4 Å². The van der Waals surface area contributed by atoms with E-state index in [4.69, 9.17) is 4.74 Å². The fourth-order valence-corrected chi connectivity index (χ4v) is 1.73. The van der Waals surface area contributed by atoms with Crippen molar-refractivity contribution in [3.05, 3.63) is 58.6 Å². The molecule has 1 amide bonds. The quantitative estimate of drug-likeness (QED) is 0.692. The molecule has 0 aliphatic heterocycles. The van der Waals surface area contributed by atoms with Gasteiger partial charge in [0, 0.05) is 37.6 Å². The molecule has 0 unspecified atom stereocenters.